The number of rotatable bonds is 13. The minimum Gasteiger partial charge on any atom is -0.494 e. The molecule has 39 heavy (non-hydrogen) atoms. The number of hydrazine groups is 1. The third-order valence-corrected chi connectivity index (χ3v) is 6.61. The number of ether oxygens (including phenoxy) is 4. The summed E-state index contributed by atoms with van der Waals surface area (Å²) in [5, 5.41) is 8.95. The first-order valence-electron chi connectivity index (χ1n) is 12.9. The predicted octanol–water partition coefficient (Wildman–Crippen LogP) is 3.43. The molecule has 0 saturated heterocycles. The van der Waals surface area contributed by atoms with Gasteiger partial charge in [0.2, 0.25) is 5.90 Å². The fourth-order valence-electron chi connectivity index (χ4n) is 4.47. The van der Waals surface area contributed by atoms with Crippen LogP contribution >= 0.6 is 0 Å². The second-order valence-electron chi connectivity index (χ2n) is 9.17. The summed E-state index contributed by atoms with van der Waals surface area (Å²) in [5.41, 5.74) is 7.22. The zero-order chi connectivity index (χ0) is 27.7. The SMILES string of the molecule is COc1cccc(CNNC(=O)[C@@]2(Cc3ccccc3)N=C(c3ccc(OCCCO)cc3)O[C@H]2C)c1OC. The molecule has 9 nitrogen and oxygen atoms in total. The molecule has 9 heteroatoms. The van der Waals surface area contributed by atoms with Gasteiger partial charge < -0.3 is 24.1 Å². The number of para-hydroxylation sites is 1. The largest absolute Gasteiger partial charge is 0.494 e. The van der Waals surface area contributed by atoms with Crippen molar-refractivity contribution in [3.05, 3.63) is 89.5 Å². The van der Waals surface area contributed by atoms with E-state index in [0.717, 1.165) is 16.7 Å². The van der Waals surface area contributed by atoms with Gasteiger partial charge >= 0.3 is 0 Å². The summed E-state index contributed by atoms with van der Waals surface area (Å²) >= 11 is 0. The van der Waals surface area contributed by atoms with Crippen molar-refractivity contribution in [3.63, 3.8) is 0 Å². The number of hydrogen-bond acceptors (Lipinski definition) is 8. The number of hydrogen-bond donors (Lipinski definition) is 3. The predicted molar refractivity (Wildman–Crippen MR) is 148 cm³/mol. The Hall–Kier alpha value is -4.08. The molecular weight excluding hydrogens is 498 g/mol. The molecule has 0 radical (unpaired) electrons. The Morgan fingerprint density at radius 2 is 1.79 bits per heavy atom. The highest BCUT2D eigenvalue weighted by Gasteiger charge is 2.50. The Labute approximate surface area is 228 Å². The third kappa shape index (κ3) is 6.50. The first-order chi connectivity index (χ1) is 19.0. The van der Waals surface area contributed by atoms with Crippen LogP contribution in [0.25, 0.3) is 0 Å². The highest BCUT2D eigenvalue weighted by molar-refractivity contribution is 6.00. The lowest BCUT2D eigenvalue weighted by Crippen LogP contribution is -2.55. The maximum Gasteiger partial charge on any atom is 0.266 e. The van der Waals surface area contributed by atoms with Crippen LogP contribution in [0.2, 0.25) is 0 Å². The Balaban J connectivity index is 1.55. The van der Waals surface area contributed by atoms with Crippen molar-refractivity contribution in [2.24, 2.45) is 4.99 Å². The highest BCUT2D eigenvalue weighted by Crippen LogP contribution is 2.33. The fourth-order valence-corrected chi connectivity index (χ4v) is 4.47. The molecule has 3 aromatic rings. The molecule has 206 valence electrons. The average molecular weight is 534 g/mol. The molecule has 1 amide bonds. The molecular formula is C30H35N3O6. The van der Waals surface area contributed by atoms with Crippen molar-refractivity contribution in [1.82, 2.24) is 10.9 Å². The summed E-state index contributed by atoms with van der Waals surface area (Å²) in [6, 6.07) is 22.7. The monoisotopic (exact) mass is 533 g/mol. The van der Waals surface area contributed by atoms with Gasteiger partial charge in [0.1, 0.15) is 11.9 Å². The number of aliphatic hydroxyl groups is 1. The minimum absolute atomic E-state index is 0.0775. The Morgan fingerprint density at radius 3 is 2.49 bits per heavy atom. The van der Waals surface area contributed by atoms with Crippen molar-refractivity contribution in [1.29, 1.82) is 0 Å². The topological polar surface area (TPSA) is 111 Å². The lowest BCUT2D eigenvalue weighted by Gasteiger charge is -2.28. The van der Waals surface area contributed by atoms with Crippen LogP contribution in [0, 0.1) is 0 Å². The Morgan fingerprint density at radius 1 is 1.03 bits per heavy atom. The Kier molecular flexibility index (Phi) is 9.40. The molecule has 1 aliphatic rings. The van der Waals surface area contributed by atoms with E-state index in [2.05, 4.69) is 10.9 Å². The molecule has 0 unspecified atom stereocenters. The van der Waals surface area contributed by atoms with Crippen LogP contribution in [-0.2, 0) is 22.5 Å². The standard InChI is InChI=1S/C30H35N3O6/c1-21-30(19-22-9-5-4-6-10-22,29(35)33-31-20-24-11-7-12-26(36-2)27(24)37-3)32-28(39-21)23-13-15-25(16-14-23)38-18-8-17-34/h4-7,9-16,21,31,34H,8,17-20H2,1-3H3,(H,33,35)/t21-,30-/m0/s1. The van der Waals surface area contributed by atoms with Gasteiger partial charge in [-0.25, -0.2) is 10.4 Å². The number of aliphatic hydroxyl groups excluding tert-OH is 1. The van der Waals surface area contributed by atoms with Gasteiger partial charge in [-0.1, -0.05) is 42.5 Å². The van der Waals surface area contributed by atoms with E-state index in [1.807, 2.05) is 79.7 Å². The van der Waals surface area contributed by atoms with Crippen LogP contribution in [0.15, 0.2) is 77.8 Å². The molecule has 3 aromatic carbocycles. The number of amides is 1. The number of nitrogens with one attached hydrogen (secondary N) is 2. The van der Waals surface area contributed by atoms with Crippen LogP contribution in [0.1, 0.15) is 30.0 Å². The highest BCUT2D eigenvalue weighted by atomic mass is 16.5. The van der Waals surface area contributed by atoms with E-state index in [-0.39, 0.29) is 12.5 Å². The van der Waals surface area contributed by atoms with E-state index in [1.54, 1.807) is 14.2 Å². The molecule has 0 aliphatic carbocycles. The maximum atomic E-state index is 13.8. The quantitative estimate of drug-likeness (QED) is 0.228. The summed E-state index contributed by atoms with van der Waals surface area (Å²) in [6.45, 7) is 2.68. The van der Waals surface area contributed by atoms with E-state index in [4.69, 9.17) is 29.0 Å². The smallest absolute Gasteiger partial charge is 0.266 e. The molecule has 3 N–H and O–H groups in total. The van der Waals surface area contributed by atoms with Crippen LogP contribution in [0.5, 0.6) is 17.2 Å². The molecule has 1 heterocycles. The van der Waals surface area contributed by atoms with Gasteiger partial charge in [0.25, 0.3) is 5.91 Å². The fraction of sp³-hybridized carbons (Fsp3) is 0.333. The van der Waals surface area contributed by atoms with E-state index in [1.165, 1.54) is 0 Å². The zero-order valence-corrected chi connectivity index (χ0v) is 22.5. The molecule has 2 atom stereocenters. The normalized spacial score (nSPS) is 18.2. The second kappa shape index (κ2) is 13.1. The van der Waals surface area contributed by atoms with Gasteiger partial charge in [0, 0.05) is 37.1 Å². The summed E-state index contributed by atoms with van der Waals surface area (Å²) in [5.74, 6) is 1.98. The zero-order valence-electron chi connectivity index (χ0n) is 22.5. The van der Waals surface area contributed by atoms with Gasteiger partial charge in [-0.05, 0) is 42.8 Å². The van der Waals surface area contributed by atoms with Crippen LogP contribution in [0.3, 0.4) is 0 Å². The maximum absolute atomic E-state index is 13.8. The summed E-state index contributed by atoms with van der Waals surface area (Å²) in [6.07, 6.45) is 0.392. The Bertz CT molecular complexity index is 1270. The first-order valence-corrected chi connectivity index (χ1v) is 12.9. The number of carbonyl (C=O) groups excluding carboxylic acids is 1. The molecule has 0 aromatic heterocycles. The molecule has 0 spiro atoms. The van der Waals surface area contributed by atoms with Crippen molar-refractivity contribution >= 4 is 11.8 Å². The van der Waals surface area contributed by atoms with Gasteiger partial charge in [0.15, 0.2) is 17.0 Å². The van der Waals surface area contributed by atoms with Gasteiger partial charge in [-0.2, -0.15) is 0 Å². The van der Waals surface area contributed by atoms with E-state index in [0.29, 0.717) is 49.1 Å². The number of carbonyl (C=O) groups is 1. The molecule has 4 rings (SSSR count). The van der Waals surface area contributed by atoms with Crippen LogP contribution < -0.4 is 25.1 Å². The summed E-state index contributed by atoms with van der Waals surface area (Å²) in [7, 11) is 3.16. The van der Waals surface area contributed by atoms with Gasteiger partial charge in [-0.15, -0.1) is 0 Å². The lowest BCUT2D eigenvalue weighted by molar-refractivity contribution is -0.129. The average Bonchev–Trinajstić information content (AvgIpc) is 3.30. The summed E-state index contributed by atoms with van der Waals surface area (Å²) < 4.78 is 22.7. The lowest BCUT2D eigenvalue weighted by atomic mass is 9.86. The number of methoxy groups -OCH3 is 2. The second-order valence-corrected chi connectivity index (χ2v) is 9.17. The van der Waals surface area contributed by atoms with E-state index < -0.39 is 11.6 Å². The van der Waals surface area contributed by atoms with Gasteiger partial charge in [-0.3, -0.25) is 10.2 Å². The van der Waals surface area contributed by atoms with Crippen LogP contribution in [0.4, 0.5) is 0 Å². The van der Waals surface area contributed by atoms with Crippen molar-refractivity contribution in [2.45, 2.75) is 38.0 Å². The molecule has 1 aliphatic heterocycles. The van der Waals surface area contributed by atoms with Crippen molar-refractivity contribution in [3.8, 4) is 17.2 Å². The number of benzene rings is 3. The number of nitrogens with zero attached hydrogens (tertiary/aromatic N) is 1. The van der Waals surface area contributed by atoms with E-state index in [9.17, 15) is 4.79 Å². The third-order valence-electron chi connectivity index (χ3n) is 6.61. The van der Waals surface area contributed by atoms with Gasteiger partial charge in [0.05, 0.1) is 20.8 Å². The van der Waals surface area contributed by atoms with E-state index >= 15 is 0 Å². The molecule has 0 saturated carbocycles. The molecule has 0 fully saturated rings. The van der Waals surface area contributed by atoms with Crippen molar-refractivity contribution in [2.75, 3.05) is 27.4 Å². The van der Waals surface area contributed by atoms with Crippen molar-refractivity contribution < 1.29 is 28.8 Å². The summed E-state index contributed by atoms with van der Waals surface area (Å²) in [4.78, 5) is 18.7. The number of aliphatic imine (C=N–C) groups is 1. The first kappa shape index (κ1) is 27.9. The molecule has 0 bridgehead atoms. The van der Waals surface area contributed by atoms with Crippen LogP contribution in [-0.4, -0.2) is 56.0 Å². The minimum atomic E-state index is -1.20.